The number of aromatic amines is 1. The minimum atomic E-state index is -1.51. The summed E-state index contributed by atoms with van der Waals surface area (Å²) in [6.45, 7) is 3.46. The highest BCUT2D eigenvalue weighted by molar-refractivity contribution is 5.99. The molecule has 4 aromatic rings. The highest BCUT2D eigenvalue weighted by Gasteiger charge is 2.41. The highest BCUT2D eigenvalue weighted by atomic mass is 16.3. The van der Waals surface area contributed by atoms with Gasteiger partial charge in [0.1, 0.15) is 42.0 Å². The molecule has 7 atom stereocenters. The van der Waals surface area contributed by atoms with Gasteiger partial charge in [0.2, 0.25) is 35.4 Å². The van der Waals surface area contributed by atoms with Crippen LogP contribution in [0.4, 0.5) is 0 Å². The number of amides is 6. The summed E-state index contributed by atoms with van der Waals surface area (Å²) in [4.78, 5) is 90.2. The van der Waals surface area contributed by atoms with Crippen LogP contribution in [-0.2, 0) is 48.0 Å². The summed E-state index contributed by atoms with van der Waals surface area (Å²) in [5.74, 6) is -4.01. The number of hydrogen-bond donors (Lipinski definition) is 8. The highest BCUT2D eigenvalue weighted by Crippen LogP contribution is 2.23. The number of rotatable bonds is 10. The van der Waals surface area contributed by atoms with Crippen LogP contribution >= 0.6 is 0 Å². The zero-order chi connectivity index (χ0) is 42.1. The van der Waals surface area contributed by atoms with Crippen LogP contribution in [0.25, 0.3) is 10.9 Å². The van der Waals surface area contributed by atoms with Crippen molar-refractivity contribution in [2.24, 2.45) is 0 Å². The summed E-state index contributed by atoms with van der Waals surface area (Å²) in [5, 5.41) is 35.5. The van der Waals surface area contributed by atoms with Crippen molar-refractivity contribution in [3.8, 4) is 5.75 Å². The fourth-order valence-corrected chi connectivity index (χ4v) is 7.77. The van der Waals surface area contributed by atoms with E-state index in [2.05, 4.69) is 31.6 Å². The van der Waals surface area contributed by atoms with E-state index in [1.165, 1.54) is 24.0 Å². The largest absolute Gasteiger partial charge is 0.508 e. The minimum Gasteiger partial charge on any atom is -0.508 e. The summed E-state index contributed by atoms with van der Waals surface area (Å²) in [6, 6.07) is 15.3. The molecule has 0 radical (unpaired) electrons. The fourth-order valence-electron chi connectivity index (χ4n) is 7.77. The van der Waals surface area contributed by atoms with Gasteiger partial charge in [0.25, 0.3) is 0 Å². The Morgan fingerprint density at radius 3 is 1.98 bits per heavy atom. The lowest BCUT2D eigenvalue weighted by atomic mass is 10.00. The molecule has 2 fully saturated rings. The van der Waals surface area contributed by atoms with E-state index in [0.29, 0.717) is 30.4 Å². The first-order valence-electron chi connectivity index (χ1n) is 20.3. The smallest absolute Gasteiger partial charge is 0.246 e. The third-order valence-corrected chi connectivity index (χ3v) is 11.0. The lowest BCUT2D eigenvalue weighted by molar-refractivity contribution is -0.143. The minimum absolute atomic E-state index is 0.00991. The number of benzene rings is 3. The molecular weight excluding hydrogens is 755 g/mol. The van der Waals surface area contributed by atoms with Gasteiger partial charge in [-0.3, -0.25) is 28.8 Å². The van der Waals surface area contributed by atoms with E-state index in [4.69, 9.17) is 0 Å². The number of phenolic OH excluding ortho intramolecular Hbond substituents is 1. The van der Waals surface area contributed by atoms with E-state index in [1.807, 2.05) is 37.3 Å². The Kier molecular flexibility index (Phi) is 14.0. The predicted molar refractivity (Wildman–Crippen MR) is 220 cm³/mol. The van der Waals surface area contributed by atoms with Crippen LogP contribution in [0, 0.1) is 0 Å². The third-order valence-electron chi connectivity index (χ3n) is 11.0. The summed E-state index contributed by atoms with van der Waals surface area (Å²) in [7, 11) is 0. The number of unbranched alkanes of at least 4 members (excludes halogenated alkanes) is 1. The maximum atomic E-state index is 14.5. The molecule has 2 aliphatic rings. The average Bonchev–Trinajstić information content (AvgIpc) is 3.89. The molecule has 6 rings (SSSR count). The molecule has 0 spiro atoms. The second-order valence-electron chi connectivity index (χ2n) is 15.4. The molecule has 8 N–H and O–H groups in total. The molecule has 312 valence electrons. The number of nitrogens with zero attached hydrogens (tertiary/aromatic N) is 1. The Balaban J connectivity index is 1.40. The number of hydrogen-bond acceptors (Lipinski definition) is 8. The molecule has 0 unspecified atom stereocenters. The van der Waals surface area contributed by atoms with Crippen molar-refractivity contribution in [2.45, 2.75) is 108 Å². The van der Waals surface area contributed by atoms with Crippen LogP contribution in [0.2, 0.25) is 0 Å². The number of fused-ring (bicyclic) bond motifs is 2. The Labute approximate surface area is 342 Å². The van der Waals surface area contributed by atoms with Gasteiger partial charge in [0, 0.05) is 42.9 Å². The summed E-state index contributed by atoms with van der Waals surface area (Å²) in [5.41, 5.74) is 2.86. The Hall–Kier alpha value is -6.22. The molecule has 3 aromatic carbocycles. The van der Waals surface area contributed by atoms with Crippen molar-refractivity contribution in [3.63, 3.8) is 0 Å². The number of nitrogens with one attached hydrogen (secondary N) is 6. The van der Waals surface area contributed by atoms with Crippen molar-refractivity contribution in [2.75, 3.05) is 6.54 Å². The van der Waals surface area contributed by atoms with Gasteiger partial charge < -0.3 is 46.7 Å². The van der Waals surface area contributed by atoms with E-state index < -0.39 is 77.8 Å². The standard InChI is InChI=1S/C44H53N7O8/c1-3-4-14-33-39(54)50-38(26(2)52)43(58)49-36(23-27-11-6-5-7-12-27)44(59)51-21-10-16-37(51)42(57)48-34(22-28-17-19-30(53)20-18-28)40(55)47-35(41(56)46-33)24-29-25-45-32-15-9-8-13-31(29)32/h5-9,11-13,15,17-20,25-26,33-38,45,52-53H,3-4,10,14,16,21-24H2,1-2H3,(H,46,56)(H,47,55)(H,48,57)(H,49,58)(H,50,54)/t26-,33+,34+,35-,36+,37+,38+/m1/s1. The number of aromatic hydroxyl groups is 1. The van der Waals surface area contributed by atoms with E-state index in [1.54, 1.807) is 42.6 Å². The lowest BCUT2D eigenvalue weighted by Gasteiger charge is -2.32. The number of carbonyl (C=O) groups excluding carboxylic acids is 6. The molecular formula is C44H53N7O8. The second-order valence-corrected chi connectivity index (χ2v) is 15.4. The van der Waals surface area contributed by atoms with Crippen LogP contribution in [0.5, 0.6) is 5.75 Å². The summed E-state index contributed by atoms with van der Waals surface area (Å²) < 4.78 is 0. The number of H-pyrrole nitrogens is 1. The number of aromatic nitrogens is 1. The topological polar surface area (TPSA) is 222 Å². The van der Waals surface area contributed by atoms with Crippen molar-refractivity contribution in [1.29, 1.82) is 0 Å². The third kappa shape index (κ3) is 10.6. The van der Waals surface area contributed by atoms with Crippen molar-refractivity contribution in [3.05, 3.63) is 102 Å². The summed E-state index contributed by atoms with van der Waals surface area (Å²) in [6.07, 6.45) is 2.53. The first-order chi connectivity index (χ1) is 28.4. The molecule has 2 aliphatic heterocycles. The summed E-state index contributed by atoms with van der Waals surface area (Å²) >= 11 is 0. The number of aliphatic hydroxyl groups excluding tert-OH is 1. The Morgan fingerprint density at radius 1 is 0.678 bits per heavy atom. The molecule has 3 heterocycles. The van der Waals surface area contributed by atoms with Crippen LogP contribution in [0.3, 0.4) is 0 Å². The van der Waals surface area contributed by atoms with Crippen LogP contribution in [-0.4, -0.2) is 104 Å². The number of carbonyl (C=O) groups is 6. The Morgan fingerprint density at radius 2 is 1.27 bits per heavy atom. The molecule has 15 heteroatoms. The molecule has 59 heavy (non-hydrogen) atoms. The maximum Gasteiger partial charge on any atom is 0.246 e. The van der Waals surface area contributed by atoms with Crippen molar-refractivity contribution in [1.82, 2.24) is 36.5 Å². The Bertz CT molecular complexity index is 2120. The fraction of sp³-hybridized carbons (Fsp3) is 0.409. The zero-order valence-corrected chi connectivity index (χ0v) is 33.3. The second kappa shape index (κ2) is 19.5. The maximum absolute atomic E-state index is 14.5. The number of phenols is 1. The van der Waals surface area contributed by atoms with E-state index >= 15 is 0 Å². The van der Waals surface area contributed by atoms with E-state index in [9.17, 15) is 39.0 Å². The van der Waals surface area contributed by atoms with Gasteiger partial charge in [-0.2, -0.15) is 0 Å². The van der Waals surface area contributed by atoms with Gasteiger partial charge in [-0.25, -0.2) is 0 Å². The quantitative estimate of drug-likeness (QED) is 0.118. The van der Waals surface area contributed by atoms with Gasteiger partial charge in [-0.05, 0) is 61.1 Å². The molecule has 6 amide bonds. The molecule has 2 saturated heterocycles. The monoisotopic (exact) mass is 807 g/mol. The number of aliphatic hydroxyl groups is 1. The van der Waals surface area contributed by atoms with Gasteiger partial charge in [0.15, 0.2) is 0 Å². The molecule has 1 aromatic heterocycles. The van der Waals surface area contributed by atoms with Gasteiger partial charge in [0.05, 0.1) is 6.10 Å². The van der Waals surface area contributed by atoms with Crippen LogP contribution in [0.15, 0.2) is 85.1 Å². The van der Waals surface area contributed by atoms with E-state index in [0.717, 1.165) is 16.5 Å². The zero-order valence-electron chi connectivity index (χ0n) is 33.3. The van der Waals surface area contributed by atoms with Crippen molar-refractivity contribution < 1.29 is 39.0 Å². The SMILES string of the molecule is CCCC[C@@H]1NC(=O)[C@@H](Cc2c[nH]c3ccccc23)NC(=O)[C@H](Cc2ccc(O)cc2)NC(=O)[C@@H]2CCCN2C(=O)[C@H](Cc2ccccc2)NC(=O)[C@H]([C@@H](C)O)NC1=O. The van der Waals surface area contributed by atoms with Gasteiger partial charge in [-0.1, -0.05) is 80.4 Å². The average molecular weight is 808 g/mol. The molecule has 0 saturated carbocycles. The molecule has 15 nitrogen and oxygen atoms in total. The lowest BCUT2D eigenvalue weighted by Crippen LogP contribution is -2.63. The molecule has 0 aliphatic carbocycles. The molecule has 0 bridgehead atoms. The van der Waals surface area contributed by atoms with Gasteiger partial charge >= 0.3 is 0 Å². The normalized spacial score (nSPS) is 24.2. The predicted octanol–water partition coefficient (Wildman–Crippen LogP) is 1.90. The first kappa shape index (κ1) is 42.4. The van der Waals surface area contributed by atoms with Gasteiger partial charge in [-0.15, -0.1) is 0 Å². The van der Waals surface area contributed by atoms with Crippen LogP contribution < -0.4 is 26.6 Å². The first-order valence-corrected chi connectivity index (χ1v) is 20.3. The number of para-hydroxylation sites is 1. The van der Waals surface area contributed by atoms with Crippen LogP contribution in [0.1, 0.15) is 62.6 Å². The van der Waals surface area contributed by atoms with E-state index in [-0.39, 0.29) is 44.4 Å². The van der Waals surface area contributed by atoms with Crippen molar-refractivity contribution >= 4 is 46.3 Å².